The van der Waals surface area contributed by atoms with E-state index in [9.17, 15) is 0 Å². The maximum atomic E-state index is 6.00. The zero-order valence-electron chi connectivity index (χ0n) is 9.98. The fourth-order valence-corrected chi connectivity index (χ4v) is 3.71. The number of nitrogens with one attached hydrogen (secondary N) is 1. The second kappa shape index (κ2) is 4.07. The van der Waals surface area contributed by atoms with Gasteiger partial charge in [-0.1, -0.05) is 18.2 Å². The van der Waals surface area contributed by atoms with E-state index < -0.39 is 0 Å². The molecule has 2 aliphatic heterocycles. The molecule has 0 radical (unpaired) electrons. The van der Waals surface area contributed by atoms with Crippen LogP contribution in [0.1, 0.15) is 27.2 Å². The van der Waals surface area contributed by atoms with E-state index in [-0.39, 0.29) is 6.10 Å². The molecule has 0 saturated heterocycles. The summed E-state index contributed by atoms with van der Waals surface area (Å²) in [5, 5.41) is 4.53. The molecule has 0 saturated carbocycles. The van der Waals surface area contributed by atoms with Gasteiger partial charge >= 0.3 is 0 Å². The van der Waals surface area contributed by atoms with Crippen LogP contribution in [0.25, 0.3) is 0 Å². The van der Waals surface area contributed by atoms with E-state index in [0.717, 1.165) is 36.7 Å². The van der Waals surface area contributed by atoms with Crippen LogP contribution in [-0.2, 0) is 19.4 Å². The quantitative estimate of drug-likeness (QED) is 0.853. The minimum Gasteiger partial charge on any atom is -0.483 e. The predicted octanol–water partition coefficient (Wildman–Crippen LogP) is 2.46. The molecule has 0 bridgehead atoms. The Morgan fingerprint density at radius 3 is 3.17 bits per heavy atom. The third-order valence-electron chi connectivity index (χ3n) is 3.54. The second-order valence-corrected chi connectivity index (χ2v) is 5.88. The monoisotopic (exact) mass is 258 g/mol. The van der Waals surface area contributed by atoms with Crippen LogP contribution in [-0.4, -0.2) is 11.5 Å². The van der Waals surface area contributed by atoms with Crippen LogP contribution in [0.4, 0.5) is 0 Å². The largest absolute Gasteiger partial charge is 0.483 e. The summed E-state index contributed by atoms with van der Waals surface area (Å²) in [5.74, 6) is 1.02. The number of thiazole rings is 1. The number of para-hydroxylation sites is 1. The smallest absolute Gasteiger partial charge is 0.154 e. The summed E-state index contributed by atoms with van der Waals surface area (Å²) < 4.78 is 6.00. The number of nitrogens with zero attached hydrogens (tertiary/aromatic N) is 1. The number of aromatic nitrogens is 1. The fourth-order valence-electron chi connectivity index (χ4n) is 2.60. The molecule has 92 valence electrons. The third kappa shape index (κ3) is 1.64. The van der Waals surface area contributed by atoms with Crippen LogP contribution >= 0.6 is 11.3 Å². The maximum absolute atomic E-state index is 6.00. The first-order chi connectivity index (χ1) is 8.90. The van der Waals surface area contributed by atoms with Gasteiger partial charge in [-0.3, -0.25) is 0 Å². The Hall–Kier alpha value is -1.39. The van der Waals surface area contributed by atoms with Crippen molar-refractivity contribution in [3.8, 4) is 5.75 Å². The molecule has 1 aromatic heterocycles. The average molecular weight is 258 g/mol. The first-order valence-electron chi connectivity index (χ1n) is 6.34. The van der Waals surface area contributed by atoms with Crippen molar-refractivity contribution in [1.82, 2.24) is 10.3 Å². The zero-order valence-corrected chi connectivity index (χ0v) is 10.8. The van der Waals surface area contributed by atoms with Crippen LogP contribution in [0, 0.1) is 0 Å². The van der Waals surface area contributed by atoms with Crippen LogP contribution < -0.4 is 10.1 Å². The minimum atomic E-state index is 0.123. The summed E-state index contributed by atoms with van der Waals surface area (Å²) in [5.41, 5.74) is 2.57. The van der Waals surface area contributed by atoms with E-state index in [0.29, 0.717) is 0 Å². The number of rotatable bonds is 1. The van der Waals surface area contributed by atoms with Gasteiger partial charge in [0.1, 0.15) is 10.8 Å². The topological polar surface area (TPSA) is 34.2 Å². The van der Waals surface area contributed by atoms with Crippen LogP contribution in [0.3, 0.4) is 0 Å². The van der Waals surface area contributed by atoms with E-state index in [1.54, 1.807) is 11.3 Å². The molecule has 4 rings (SSSR count). The molecule has 3 heterocycles. The van der Waals surface area contributed by atoms with E-state index in [2.05, 4.69) is 17.4 Å². The van der Waals surface area contributed by atoms with Crippen molar-refractivity contribution in [1.29, 1.82) is 0 Å². The van der Waals surface area contributed by atoms with Crippen molar-refractivity contribution < 1.29 is 4.74 Å². The summed E-state index contributed by atoms with van der Waals surface area (Å²) in [6.45, 7) is 2.01. The second-order valence-electron chi connectivity index (χ2n) is 4.77. The molecule has 0 aliphatic carbocycles. The molecular weight excluding hydrogens is 244 g/mol. The summed E-state index contributed by atoms with van der Waals surface area (Å²) in [6, 6.07) is 8.29. The van der Waals surface area contributed by atoms with Gasteiger partial charge in [0, 0.05) is 30.8 Å². The van der Waals surface area contributed by atoms with Crippen molar-refractivity contribution in [3.63, 3.8) is 0 Å². The van der Waals surface area contributed by atoms with Gasteiger partial charge in [-0.25, -0.2) is 4.98 Å². The Morgan fingerprint density at radius 2 is 2.28 bits per heavy atom. The molecule has 18 heavy (non-hydrogen) atoms. The molecule has 0 spiro atoms. The molecule has 1 aromatic carbocycles. The average Bonchev–Trinajstić information content (AvgIpc) is 3.02. The summed E-state index contributed by atoms with van der Waals surface area (Å²) in [7, 11) is 0. The molecule has 0 fully saturated rings. The highest BCUT2D eigenvalue weighted by Crippen LogP contribution is 2.38. The summed E-state index contributed by atoms with van der Waals surface area (Å²) in [6.07, 6.45) is 2.12. The molecule has 4 heteroatoms. The molecule has 1 atom stereocenters. The predicted molar refractivity (Wildman–Crippen MR) is 71.0 cm³/mol. The van der Waals surface area contributed by atoms with Gasteiger partial charge < -0.3 is 10.1 Å². The Labute approximate surface area is 110 Å². The van der Waals surface area contributed by atoms with E-state index in [4.69, 9.17) is 9.72 Å². The number of ether oxygens (including phenoxy) is 1. The van der Waals surface area contributed by atoms with Gasteiger partial charge in [-0.15, -0.1) is 11.3 Å². The molecule has 1 N–H and O–H groups in total. The SMILES string of the molecule is c1ccc2c(c1)CC(c1nc3c(s1)CNCC3)O2. The first-order valence-corrected chi connectivity index (χ1v) is 7.15. The minimum absolute atomic E-state index is 0.123. The normalized spacial score (nSPS) is 21.2. The van der Waals surface area contributed by atoms with Crippen molar-refractivity contribution in [2.24, 2.45) is 0 Å². The Morgan fingerprint density at radius 1 is 1.33 bits per heavy atom. The lowest BCUT2D eigenvalue weighted by Gasteiger charge is -2.09. The van der Waals surface area contributed by atoms with Crippen LogP contribution in [0.15, 0.2) is 24.3 Å². The van der Waals surface area contributed by atoms with Gasteiger partial charge in [0.05, 0.1) is 5.69 Å². The lowest BCUT2D eigenvalue weighted by atomic mass is 10.1. The van der Waals surface area contributed by atoms with Gasteiger partial charge in [-0.05, 0) is 11.6 Å². The van der Waals surface area contributed by atoms with Gasteiger partial charge in [0.2, 0.25) is 0 Å². The molecule has 2 aliphatic rings. The number of benzene rings is 1. The fraction of sp³-hybridized carbons (Fsp3) is 0.357. The Kier molecular flexibility index (Phi) is 2.38. The highest BCUT2D eigenvalue weighted by atomic mass is 32.1. The Balaban J connectivity index is 1.64. The molecule has 2 aromatic rings. The van der Waals surface area contributed by atoms with E-state index >= 15 is 0 Å². The summed E-state index contributed by atoms with van der Waals surface area (Å²) in [4.78, 5) is 6.15. The number of fused-ring (bicyclic) bond motifs is 2. The van der Waals surface area contributed by atoms with Crippen LogP contribution in [0.2, 0.25) is 0 Å². The lowest BCUT2D eigenvalue weighted by Crippen LogP contribution is -2.22. The highest BCUT2D eigenvalue weighted by molar-refractivity contribution is 7.11. The van der Waals surface area contributed by atoms with Gasteiger partial charge in [-0.2, -0.15) is 0 Å². The summed E-state index contributed by atoms with van der Waals surface area (Å²) >= 11 is 1.80. The molecular formula is C14H14N2OS. The maximum Gasteiger partial charge on any atom is 0.154 e. The van der Waals surface area contributed by atoms with Gasteiger partial charge in [0.25, 0.3) is 0 Å². The molecule has 1 unspecified atom stereocenters. The van der Waals surface area contributed by atoms with Crippen molar-refractivity contribution in [3.05, 3.63) is 45.4 Å². The lowest BCUT2D eigenvalue weighted by molar-refractivity contribution is 0.238. The van der Waals surface area contributed by atoms with Crippen LogP contribution in [0.5, 0.6) is 5.75 Å². The van der Waals surface area contributed by atoms with Crippen molar-refractivity contribution in [2.75, 3.05) is 6.54 Å². The van der Waals surface area contributed by atoms with Gasteiger partial charge in [0.15, 0.2) is 6.10 Å². The highest BCUT2D eigenvalue weighted by Gasteiger charge is 2.28. The number of hydrogen-bond donors (Lipinski definition) is 1. The van der Waals surface area contributed by atoms with E-state index in [1.165, 1.54) is 16.1 Å². The standard InChI is InChI=1S/C14H14N2OS/c1-2-4-11-9(3-1)7-12(17-11)14-16-10-5-6-15-8-13(10)18-14/h1-4,12,15H,5-8H2. The molecule has 3 nitrogen and oxygen atoms in total. The zero-order chi connectivity index (χ0) is 11.9. The van der Waals surface area contributed by atoms with Crippen molar-refractivity contribution in [2.45, 2.75) is 25.5 Å². The third-order valence-corrected chi connectivity index (χ3v) is 4.73. The Bertz CT molecular complexity index is 545. The molecule has 0 amide bonds. The van der Waals surface area contributed by atoms with E-state index in [1.807, 2.05) is 12.1 Å². The first kappa shape index (κ1) is 10.5. The van der Waals surface area contributed by atoms with Crippen molar-refractivity contribution >= 4 is 11.3 Å². The number of hydrogen-bond acceptors (Lipinski definition) is 4.